The van der Waals surface area contributed by atoms with Gasteiger partial charge in [0.25, 0.3) is 5.91 Å². The number of allylic oxidation sites excluding steroid dienone is 2. The first-order valence-corrected chi connectivity index (χ1v) is 12.2. The summed E-state index contributed by atoms with van der Waals surface area (Å²) in [6.07, 6.45) is 3.96. The Labute approximate surface area is 220 Å². The molecule has 1 aromatic carbocycles. The smallest absolute Gasteiger partial charge is 0.255 e. The number of fused-ring (bicyclic) bond motifs is 3. The average Bonchev–Trinajstić information content (AvgIpc) is 3.35. The SMILES string of the molecule is C.C[C@@H]1c2ccc(C3C=CCC3)c(O)c2C(O)=C2C(=O)[C@]3(O)C(O)=C(C(N)=O)C(=O)[C@H](N(C)C)[C@@H]3[C@@H](O)[C@H]21. The van der Waals surface area contributed by atoms with Crippen molar-refractivity contribution in [3.63, 3.8) is 0 Å². The van der Waals surface area contributed by atoms with E-state index in [1.54, 1.807) is 19.1 Å². The molecule has 0 heterocycles. The molecule has 1 fully saturated rings. The van der Waals surface area contributed by atoms with Crippen LogP contribution < -0.4 is 5.73 Å². The number of nitrogens with zero attached hydrogens (tertiary/aromatic N) is 1. The minimum atomic E-state index is -2.91. The number of carbonyl (C=O) groups excluding carboxylic acids is 3. The fourth-order valence-corrected chi connectivity index (χ4v) is 6.82. The summed E-state index contributed by atoms with van der Waals surface area (Å²) >= 11 is 0. The Hall–Kier alpha value is -3.47. The molecule has 0 saturated heterocycles. The van der Waals surface area contributed by atoms with Gasteiger partial charge in [-0.05, 0) is 38.4 Å². The first-order chi connectivity index (χ1) is 17.3. The summed E-state index contributed by atoms with van der Waals surface area (Å²) < 4.78 is 0. The Bertz CT molecular complexity index is 1340. The number of primary amides is 1. The topological polar surface area (TPSA) is 182 Å². The molecule has 4 aliphatic carbocycles. The zero-order valence-corrected chi connectivity index (χ0v) is 20.7. The molecule has 7 atom stereocenters. The summed E-state index contributed by atoms with van der Waals surface area (Å²) in [5, 5.41) is 56.9. The Morgan fingerprint density at radius 2 is 1.76 bits per heavy atom. The average molecular weight is 527 g/mol. The van der Waals surface area contributed by atoms with Gasteiger partial charge in [-0.25, -0.2) is 0 Å². The maximum Gasteiger partial charge on any atom is 0.255 e. The van der Waals surface area contributed by atoms with E-state index in [4.69, 9.17) is 5.73 Å². The minimum Gasteiger partial charge on any atom is -0.508 e. The lowest BCUT2D eigenvalue weighted by Crippen LogP contribution is -2.70. The van der Waals surface area contributed by atoms with E-state index in [2.05, 4.69) is 0 Å². The number of aliphatic hydroxyl groups is 4. The quantitative estimate of drug-likeness (QED) is 0.251. The zero-order chi connectivity index (χ0) is 27.1. The predicted octanol–water partition coefficient (Wildman–Crippen LogP) is 1.57. The van der Waals surface area contributed by atoms with Crippen molar-refractivity contribution < 1.29 is 39.9 Å². The van der Waals surface area contributed by atoms with E-state index < -0.39 is 70.1 Å². The standard InChI is InChI=1S/C27H30N2O8.CH4/c1-10-12-8-9-13(11-6-4-5-7-11)20(30)15(12)21(31)16-14(10)22(32)18-19(29(2)3)23(33)17(26(28)36)25(35)27(18,37)24(16)34;/h4,6,8-11,14,18-19,22,30-32,35,37H,5,7H2,1-3H3,(H2,28,36);1H4/t10-,11?,14+,18-,19-,22+,27+;/m1./s1. The molecule has 0 aliphatic heterocycles. The first-order valence-electron chi connectivity index (χ1n) is 12.2. The number of hydrogen-bond donors (Lipinski definition) is 6. The second-order valence-corrected chi connectivity index (χ2v) is 10.6. The fraction of sp³-hybridized carbons (Fsp3) is 0.464. The molecule has 10 nitrogen and oxygen atoms in total. The third-order valence-corrected chi connectivity index (χ3v) is 8.57. The molecule has 1 saturated carbocycles. The van der Waals surface area contributed by atoms with Gasteiger partial charge >= 0.3 is 0 Å². The van der Waals surface area contributed by atoms with Crippen LogP contribution in [0.5, 0.6) is 5.75 Å². The largest absolute Gasteiger partial charge is 0.508 e. The van der Waals surface area contributed by atoms with E-state index in [1.165, 1.54) is 19.0 Å². The van der Waals surface area contributed by atoms with Crippen LogP contribution >= 0.6 is 0 Å². The maximum atomic E-state index is 14.0. The number of hydrogen-bond acceptors (Lipinski definition) is 9. The van der Waals surface area contributed by atoms with Crippen molar-refractivity contribution in [2.45, 2.75) is 56.8 Å². The van der Waals surface area contributed by atoms with Gasteiger partial charge in [-0.2, -0.15) is 0 Å². The van der Waals surface area contributed by atoms with Crippen LogP contribution in [0.3, 0.4) is 0 Å². The molecule has 204 valence electrons. The Kier molecular flexibility index (Phi) is 6.58. The lowest BCUT2D eigenvalue weighted by molar-refractivity contribution is -0.169. The normalized spacial score (nSPS) is 34.2. The molecule has 5 rings (SSSR count). The van der Waals surface area contributed by atoms with Crippen LogP contribution in [0.2, 0.25) is 0 Å². The summed E-state index contributed by atoms with van der Waals surface area (Å²) in [5.74, 6) is -8.83. The third kappa shape index (κ3) is 3.33. The van der Waals surface area contributed by atoms with Crippen molar-refractivity contribution >= 4 is 23.2 Å². The van der Waals surface area contributed by atoms with Gasteiger partial charge in [0.1, 0.15) is 22.8 Å². The van der Waals surface area contributed by atoms with Gasteiger partial charge in [-0.3, -0.25) is 19.3 Å². The Balaban J connectivity index is 0.00000336. The van der Waals surface area contributed by atoms with Gasteiger partial charge in [0.05, 0.1) is 23.6 Å². The minimum absolute atomic E-state index is 0. The third-order valence-electron chi connectivity index (χ3n) is 8.57. The lowest BCUT2D eigenvalue weighted by atomic mass is 9.54. The van der Waals surface area contributed by atoms with Crippen LogP contribution in [-0.4, -0.2) is 79.7 Å². The zero-order valence-electron chi connectivity index (χ0n) is 20.7. The molecule has 0 aromatic heterocycles. The molecule has 7 N–H and O–H groups in total. The summed E-state index contributed by atoms with van der Waals surface area (Å²) in [7, 11) is 2.95. The monoisotopic (exact) mass is 526 g/mol. The number of nitrogens with two attached hydrogens (primary N) is 1. The summed E-state index contributed by atoms with van der Waals surface area (Å²) in [6.45, 7) is 1.71. The number of benzene rings is 1. The molecule has 1 unspecified atom stereocenters. The molecule has 1 amide bonds. The number of amides is 1. The lowest BCUT2D eigenvalue weighted by Gasteiger charge is -2.53. The first kappa shape index (κ1) is 27.6. The van der Waals surface area contributed by atoms with Crippen LogP contribution in [0.25, 0.3) is 5.76 Å². The maximum absolute atomic E-state index is 14.0. The number of aliphatic hydroxyl groups excluding tert-OH is 3. The molecule has 0 spiro atoms. The molecular formula is C28H34N2O8. The van der Waals surface area contributed by atoms with E-state index in [0.29, 0.717) is 11.1 Å². The van der Waals surface area contributed by atoms with Gasteiger partial charge in [-0.1, -0.05) is 38.6 Å². The highest BCUT2D eigenvalue weighted by atomic mass is 16.4. The summed E-state index contributed by atoms with van der Waals surface area (Å²) in [5.41, 5.74) is 2.19. The molecule has 0 radical (unpaired) electrons. The van der Waals surface area contributed by atoms with E-state index in [1.807, 2.05) is 12.2 Å². The van der Waals surface area contributed by atoms with Gasteiger partial charge in [-0.15, -0.1) is 0 Å². The highest BCUT2D eigenvalue weighted by Gasteiger charge is 2.68. The van der Waals surface area contributed by atoms with Crippen molar-refractivity contribution in [3.05, 3.63) is 57.9 Å². The van der Waals surface area contributed by atoms with Gasteiger partial charge in [0.15, 0.2) is 11.4 Å². The molecule has 4 aliphatic rings. The van der Waals surface area contributed by atoms with Gasteiger partial charge < -0.3 is 31.3 Å². The van der Waals surface area contributed by atoms with E-state index in [0.717, 1.165) is 12.8 Å². The van der Waals surface area contributed by atoms with Crippen molar-refractivity contribution in [3.8, 4) is 5.75 Å². The highest BCUT2D eigenvalue weighted by Crippen LogP contribution is 2.56. The second kappa shape index (κ2) is 9.07. The highest BCUT2D eigenvalue weighted by molar-refractivity contribution is 6.24. The Morgan fingerprint density at radius 3 is 2.32 bits per heavy atom. The summed E-state index contributed by atoms with van der Waals surface area (Å²) in [6, 6.07) is 2.13. The predicted molar refractivity (Wildman–Crippen MR) is 138 cm³/mol. The van der Waals surface area contributed by atoms with Crippen molar-refractivity contribution in [2.24, 2.45) is 17.6 Å². The number of carbonyl (C=O) groups is 3. The van der Waals surface area contributed by atoms with Crippen molar-refractivity contribution in [1.82, 2.24) is 4.90 Å². The van der Waals surface area contributed by atoms with Crippen LogP contribution in [0.1, 0.15) is 55.7 Å². The van der Waals surface area contributed by atoms with E-state index in [-0.39, 0.29) is 30.2 Å². The van der Waals surface area contributed by atoms with E-state index >= 15 is 0 Å². The number of likely N-dealkylation sites (N-methyl/N-ethyl adjacent to an activating group) is 1. The Morgan fingerprint density at radius 1 is 1.13 bits per heavy atom. The van der Waals surface area contributed by atoms with Crippen LogP contribution in [0.15, 0.2) is 41.2 Å². The fourth-order valence-electron chi connectivity index (χ4n) is 6.82. The number of phenolic OH excluding ortho intramolecular Hbond substituents is 1. The molecule has 38 heavy (non-hydrogen) atoms. The van der Waals surface area contributed by atoms with E-state index in [9.17, 15) is 39.9 Å². The van der Waals surface area contributed by atoms with Gasteiger partial charge in [0, 0.05) is 23.0 Å². The number of ketones is 2. The number of aromatic hydroxyl groups is 1. The summed E-state index contributed by atoms with van der Waals surface area (Å²) in [4.78, 5) is 40.6. The van der Waals surface area contributed by atoms with Crippen LogP contribution in [0.4, 0.5) is 0 Å². The molecule has 10 heteroatoms. The van der Waals surface area contributed by atoms with Gasteiger partial charge in [0.2, 0.25) is 5.78 Å². The number of Topliss-reactive ketones (excluding diaryl/α,β-unsaturated/α-hetero) is 2. The molecular weight excluding hydrogens is 492 g/mol. The second-order valence-electron chi connectivity index (χ2n) is 10.6. The molecule has 1 aromatic rings. The van der Waals surface area contributed by atoms with Crippen molar-refractivity contribution in [2.75, 3.05) is 14.1 Å². The van der Waals surface area contributed by atoms with Crippen LogP contribution in [0, 0.1) is 11.8 Å². The number of phenols is 1. The van der Waals surface area contributed by atoms with Crippen molar-refractivity contribution in [1.29, 1.82) is 0 Å². The van der Waals surface area contributed by atoms with Crippen LogP contribution in [-0.2, 0) is 14.4 Å². The number of rotatable bonds is 3. The molecule has 0 bridgehead atoms.